The Morgan fingerprint density at radius 3 is 2.94 bits per heavy atom. The van der Waals surface area contributed by atoms with Gasteiger partial charge in [0.25, 0.3) is 0 Å². The lowest BCUT2D eigenvalue weighted by atomic mass is 10.3. The molecule has 2 aromatic rings. The van der Waals surface area contributed by atoms with E-state index < -0.39 is 0 Å². The standard InChI is InChI=1S/C10H13N5S/c11-15-10-3-1-2-9(14-10)12-5-4-8-6-16-7-13-8/h1-3,6-7H,4-5,11H2,(H2,12,14,15). The molecular weight excluding hydrogens is 222 g/mol. The fourth-order valence-electron chi connectivity index (χ4n) is 1.29. The quantitative estimate of drug-likeness (QED) is 0.540. The zero-order chi connectivity index (χ0) is 11.2. The molecule has 0 atom stereocenters. The van der Waals surface area contributed by atoms with Crippen molar-refractivity contribution in [1.82, 2.24) is 9.97 Å². The number of nitrogens with two attached hydrogens (primary N) is 1. The number of hydrogen-bond donors (Lipinski definition) is 3. The molecule has 2 heterocycles. The van der Waals surface area contributed by atoms with Crippen LogP contribution in [-0.4, -0.2) is 16.5 Å². The van der Waals surface area contributed by atoms with Crippen molar-refractivity contribution in [3.63, 3.8) is 0 Å². The Kier molecular flexibility index (Phi) is 3.68. The summed E-state index contributed by atoms with van der Waals surface area (Å²) in [5.41, 5.74) is 5.45. The molecule has 0 bridgehead atoms. The van der Waals surface area contributed by atoms with Crippen molar-refractivity contribution in [1.29, 1.82) is 0 Å². The summed E-state index contributed by atoms with van der Waals surface area (Å²) in [6, 6.07) is 5.61. The molecule has 0 unspecified atom stereocenters. The van der Waals surface area contributed by atoms with Crippen molar-refractivity contribution < 1.29 is 0 Å². The van der Waals surface area contributed by atoms with Gasteiger partial charge in [0.05, 0.1) is 11.2 Å². The van der Waals surface area contributed by atoms with E-state index in [9.17, 15) is 0 Å². The van der Waals surface area contributed by atoms with Crippen LogP contribution >= 0.6 is 11.3 Å². The van der Waals surface area contributed by atoms with Crippen LogP contribution in [0.25, 0.3) is 0 Å². The molecular formula is C10H13N5S. The number of nitrogens with one attached hydrogen (secondary N) is 2. The SMILES string of the molecule is NNc1cccc(NCCc2cscn2)n1. The number of anilines is 2. The number of pyridine rings is 1. The smallest absolute Gasteiger partial charge is 0.142 e. The van der Waals surface area contributed by atoms with E-state index >= 15 is 0 Å². The summed E-state index contributed by atoms with van der Waals surface area (Å²) in [7, 11) is 0. The third kappa shape index (κ3) is 2.91. The number of aromatic nitrogens is 2. The van der Waals surface area contributed by atoms with Crippen LogP contribution in [-0.2, 0) is 6.42 Å². The fraction of sp³-hybridized carbons (Fsp3) is 0.200. The van der Waals surface area contributed by atoms with Gasteiger partial charge in [-0.2, -0.15) is 0 Å². The van der Waals surface area contributed by atoms with Crippen LogP contribution in [0.2, 0.25) is 0 Å². The Morgan fingerprint density at radius 2 is 2.19 bits per heavy atom. The highest BCUT2D eigenvalue weighted by atomic mass is 32.1. The zero-order valence-corrected chi connectivity index (χ0v) is 9.50. The number of nitrogens with zero attached hydrogens (tertiary/aromatic N) is 2. The molecule has 0 spiro atoms. The van der Waals surface area contributed by atoms with Crippen LogP contribution in [0, 0.1) is 0 Å². The summed E-state index contributed by atoms with van der Waals surface area (Å²) < 4.78 is 0. The van der Waals surface area contributed by atoms with Gasteiger partial charge in [0.1, 0.15) is 11.6 Å². The topological polar surface area (TPSA) is 75.9 Å². The number of thiazole rings is 1. The van der Waals surface area contributed by atoms with Gasteiger partial charge in [-0.05, 0) is 12.1 Å². The molecule has 0 saturated heterocycles. The molecule has 0 aliphatic carbocycles. The molecule has 2 rings (SSSR count). The molecule has 2 aromatic heterocycles. The highest BCUT2D eigenvalue weighted by Crippen LogP contribution is 2.08. The molecule has 16 heavy (non-hydrogen) atoms. The van der Waals surface area contributed by atoms with Gasteiger partial charge in [-0.1, -0.05) is 6.07 Å². The van der Waals surface area contributed by atoms with E-state index in [0.717, 1.165) is 24.5 Å². The Balaban J connectivity index is 1.85. The minimum absolute atomic E-state index is 0.652. The third-order valence-corrected chi connectivity index (χ3v) is 2.70. The van der Waals surface area contributed by atoms with Gasteiger partial charge in [0, 0.05) is 18.3 Å². The summed E-state index contributed by atoms with van der Waals surface area (Å²) in [6.45, 7) is 0.810. The molecule has 84 valence electrons. The fourth-order valence-corrected chi connectivity index (χ4v) is 1.89. The summed E-state index contributed by atoms with van der Waals surface area (Å²) in [6.07, 6.45) is 0.894. The van der Waals surface area contributed by atoms with Crippen molar-refractivity contribution in [2.75, 3.05) is 17.3 Å². The highest BCUT2D eigenvalue weighted by molar-refractivity contribution is 7.07. The summed E-state index contributed by atoms with van der Waals surface area (Å²) >= 11 is 1.61. The second-order valence-electron chi connectivity index (χ2n) is 3.21. The minimum atomic E-state index is 0.652. The van der Waals surface area contributed by atoms with Crippen LogP contribution in [0.15, 0.2) is 29.1 Å². The van der Waals surface area contributed by atoms with Gasteiger partial charge in [0.15, 0.2) is 0 Å². The van der Waals surface area contributed by atoms with Crippen molar-refractivity contribution in [3.8, 4) is 0 Å². The third-order valence-electron chi connectivity index (χ3n) is 2.07. The zero-order valence-electron chi connectivity index (χ0n) is 8.68. The van der Waals surface area contributed by atoms with Gasteiger partial charge in [-0.25, -0.2) is 15.8 Å². The number of rotatable bonds is 5. The van der Waals surface area contributed by atoms with E-state index in [4.69, 9.17) is 5.84 Å². The summed E-state index contributed by atoms with van der Waals surface area (Å²) in [5.74, 6) is 6.74. The second kappa shape index (κ2) is 5.43. The molecule has 4 N–H and O–H groups in total. The van der Waals surface area contributed by atoms with E-state index in [1.54, 1.807) is 11.3 Å². The maximum absolute atomic E-state index is 5.28. The van der Waals surface area contributed by atoms with Gasteiger partial charge in [-0.15, -0.1) is 11.3 Å². The minimum Gasteiger partial charge on any atom is -0.370 e. The van der Waals surface area contributed by atoms with Crippen molar-refractivity contribution in [2.45, 2.75) is 6.42 Å². The maximum atomic E-state index is 5.28. The average molecular weight is 235 g/mol. The Hall–Kier alpha value is -1.66. The van der Waals surface area contributed by atoms with Crippen LogP contribution in [0.4, 0.5) is 11.6 Å². The Labute approximate surface area is 97.7 Å². The van der Waals surface area contributed by atoms with E-state index in [-0.39, 0.29) is 0 Å². The van der Waals surface area contributed by atoms with Crippen LogP contribution in [0.1, 0.15) is 5.69 Å². The van der Waals surface area contributed by atoms with Crippen molar-refractivity contribution in [2.24, 2.45) is 5.84 Å². The lowest BCUT2D eigenvalue weighted by Crippen LogP contribution is -2.11. The van der Waals surface area contributed by atoms with Gasteiger partial charge >= 0.3 is 0 Å². The Morgan fingerprint density at radius 1 is 1.31 bits per heavy atom. The molecule has 0 amide bonds. The number of hydrazine groups is 1. The second-order valence-corrected chi connectivity index (χ2v) is 3.93. The average Bonchev–Trinajstić information content (AvgIpc) is 2.82. The largest absolute Gasteiger partial charge is 0.370 e. The Bertz CT molecular complexity index is 429. The molecule has 0 aliphatic heterocycles. The molecule has 5 nitrogen and oxygen atoms in total. The van der Waals surface area contributed by atoms with Gasteiger partial charge in [0.2, 0.25) is 0 Å². The summed E-state index contributed by atoms with van der Waals surface area (Å²) in [4.78, 5) is 8.45. The van der Waals surface area contributed by atoms with Gasteiger partial charge in [-0.3, -0.25) is 0 Å². The first-order valence-electron chi connectivity index (χ1n) is 4.93. The van der Waals surface area contributed by atoms with E-state index in [2.05, 4.69) is 20.7 Å². The predicted molar refractivity (Wildman–Crippen MR) is 66.4 cm³/mol. The van der Waals surface area contributed by atoms with E-state index in [0.29, 0.717) is 5.82 Å². The lowest BCUT2D eigenvalue weighted by Gasteiger charge is -2.05. The number of nitrogen functional groups attached to an aromatic ring is 1. The van der Waals surface area contributed by atoms with Crippen LogP contribution in [0.5, 0.6) is 0 Å². The van der Waals surface area contributed by atoms with Crippen LogP contribution < -0.4 is 16.6 Å². The monoisotopic (exact) mass is 235 g/mol. The highest BCUT2D eigenvalue weighted by Gasteiger charge is 1.97. The molecule has 0 radical (unpaired) electrons. The summed E-state index contributed by atoms with van der Waals surface area (Å²) in [5, 5.41) is 5.26. The molecule has 6 heteroatoms. The molecule has 0 saturated carbocycles. The van der Waals surface area contributed by atoms with Crippen molar-refractivity contribution in [3.05, 3.63) is 34.8 Å². The molecule has 0 fully saturated rings. The number of hydrogen-bond acceptors (Lipinski definition) is 6. The molecule has 0 aromatic carbocycles. The van der Waals surface area contributed by atoms with E-state index in [1.807, 2.05) is 29.1 Å². The van der Waals surface area contributed by atoms with Gasteiger partial charge < -0.3 is 10.7 Å². The van der Waals surface area contributed by atoms with Crippen LogP contribution in [0.3, 0.4) is 0 Å². The first-order chi connectivity index (χ1) is 7.88. The first kappa shape index (κ1) is 10.8. The predicted octanol–water partition coefficient (Wildman–Crippen LogP) is 1.48. The van der Waals surface area contributed by atoms with Crippen molar-refractivity contribution >= 4 is 23.0 Å². The first-order valence-corrected chi connectivity index (χ1v) is 5.87. The van der Waals surface area contributed by atoms with E-state index in [1.165, 1.54) is 0 Å². The lowest BCUT2D eigenvalue weighted by molar-refractivity contribution is 0.968. The maximum Gasteiger partial charge on any atom is 0.142 e. The molecule has 0 aliphatic rings. The normalized spacial score (nSPS) is 10.1.